The van der Waals surface area contributed by atoms with E-state index in [0.29, 0.717) is 23.1 Å². The van der Waals surface area contributed by atoms with Gasteiger partial charge < -0.3 is 14.8 Å². The van der Waals surface area contributed by atoms with Crippen molar-refractivity contribution in [2.24, 2.45) is 0 Å². The van der Waals surface area contributed by atoms with Crippen molar-refractivity contribution in [3.05, 3.63) is 33.8 Å². The van der Waals surface area contributed by atoms with E-state index in [2.05, 4.69) is 27.8 Å². The Morgan fingerprint density at radius 2 is 2.24 bits per heavy atom. The number of rotatable bonds is 6. The van der Waals surface area contributed by atoms with E-state index < -0.39 is 0 Å². The fraction of sp³-hybridized carbons (Fsp3) is 0.333. The monoisotopic (exact) mass is 319 g/mol. The first-order chi connectivity index (χ1) is 8.08. The van der Waals surface area contributed by atoms with Crippen molar-refractivity contribution in [1.82, 2.24) is 5.32 Å². The van der Waals surface area contributed by atoms with Gasteiger partial charge in [0.05, 0.1) is 12.1 Å². The molecule has 1 N–H and O–H groups in total. The molecule has 5 heteroatoms. The van der Waals surface area contributed by atoms with Gasteiger partial charge in [0.2, 0.25) is 0 Å². The van der Waals surface area contributed by atoms with Gasteiger partial charge in [0, 0.05) is 11.0 Å². The lowest BCUT2D eigenvalue weighted by Crippen LogP contribution is -2.06. The third-order valence-electron chi connectivity index (χ3n) is 2.04. The van der Waals surface area contributed by atoms with E-state index in [1.54, 1.807) is 7.11 Å². The van der Waals surface area contributed by atoms with Gasteiger partial charge in [-0.05, 0) is 24.7 Å². The number of ether oxygens (including phenoxy) is 2. The van der Waals surface area contributed by atoms with Gasteiger partial charge in [-0.25, -0.2) is 0 Å². The molecule has 0 amide bonds. The molecule has 0 fully saturated rings. The molecule has 0 heterocycles. The van der Waals surface area contributed by atoms with E-state index in [1.807, 2.05) is 19.2 Å². The van der Waals surface area contributed by atoms with Gasteiger partial charge in [0.15, 0.2) is 11.5 Å². The standard InChI is InChI=1S/C12H15BrClNO2/c1-8(13)7-17-12-10(14)4-9(6-15-2)5-11(12)16-3/h4-5,15H,1,6-7H2,2-3H3. The van der Waals surface area contributed by atoms with Gasteiger partial charge in [-0.3, -0.25) is 0 Å². The number of nitrogens with one attached hydrogen (secondary N) is 1. The van der Waals surface area contributed by atoms with Crippen molar-refractivity contribution in [2.75, 3.05) is 20.8 Å². The lowest BCUT2D eigenvalue weighted by molar-refractivity contribution is 0.325. The second-order valence-corrected chi connectivity index (χ2v) is 4.97. The zero-order valence-corrected chi connectivity index (χ0v) is 12.2. The molecule has 94 valence electrons. The van der Waals surface area contributed by atoms with Crippen LogP contribution in [0.2, 0.25) is 5.02 Å². The molecule has 0 saturated heterocycles. The zero-order valence-electron chi connectivity index (χ0n) is 9.85. The summed E-state index contributed by atoms with van der Waals surface area (Å²) in [5, 5.41) is 3.59. The van der Waals surface area contributed by atoms with Gasteiger partial charge in [0.1, 0.15) is 6.61 Å². The van der Waals surface area contributed by atoms with Crippen LogP contribution < -0.4 is 14.8 Å². The van der Waals surface area contributed by atoms with E-state index in [4.69, 9.17) is 21.1 Å². The van der Waals surface area contributed by atoms with Gasteiger partial charge in [-0.2, -0.15) is 0 Å². The predicted octanol–water partition coefficient (Wildman–Crippen LogP) is 3.36. The maximum atomic E-state index is 6.15. The lowest BCUT2D eigenvalue weighted by atomic mass is 10.2. The van der Waals surface area contributed by atoms with Crippen LogP contribution in [0.5, 0.6) is 11.5 Å². The molecule has 0 atom stereocenters. The van der Waals surface area contributed by atoms with Crippen LogP contribution in [0.4, 0.5) is 0 Å². The van der Waals surface area contributed by atoms with Gasteiger partial charge in [-0.15, -0.1) is 0 Å². The largest absolute Gasteiger partial charge is 0.493 e. The van der Waals surface area contributed by atoms with Crippen LogP contribution in [0, 0.1) is 0 Å². The Morgan fingerprint density at radius 1 is 1.53 bits per heavy atom. The molecule has 0 aliphatic carbocycles. The molecule has 0 radical (unpaired) electrons. The minimum atomic E-state index is 0.349. The minimum Gasteiger partial charge on any atom is -0.493 e. The normalized spacial score (nSPS) is 10.1. The molecular weight excluding hydrogens is 305 g/mol. The number of halogens is 2. The lowest BCUT2D eigenvalue weighted by Gasteiger charge is -2.13. The highest BCUT2D eigenvalue weighted by Crippen LogP contribution is 2.36. The Labute approximate surface area is 115 Å². The summed E-state index contributed by atoms with van der Waals surface area (Å²) in [6.07, 6.45) is 0. The van der Waals surface area contributed by atoms with Crippen LogP contribution in [0.1, 0.15) is 5.56 Å². The molecule has 1 aromatic carbocycles. The maximum Gasteiger partial charge on any atom is 0.180 e. The molecule has 17 heavy (non-hydrogen) atoms. The highest BCUT2D eigenvalue weighted by Gasteiger charge is 2.11. The Bertz CT molecular complexity index is 410. The smallest absolute Gasteiger partial charge is 0.180 e. The highest BCUT2D eigenvalue weighted by molar-refractivity contribution is 9.11. The van der Waals surface area contributed by atoms with Crippen LogP contribution in [0.3, 0.4) is 0 Å². The summed E-state index contributed by atoms with van der Waals surface area (Å²) in [6, 6.07) is 3.75. The second-order valence-electron chi connectivity index (χ2n) is 3.45. The molecule has 0 bridgehead atoms. The Balaban J connectivity index is 2.98. The quantitative estimate of drug-likeness (QED) is 0.872. The van der Waals surface area contributed by atoms with Crippen molar-refractivity contribution in [3.8, 4) is 11.5 Å². The molecule has 0 spiro atoms. The van der Waals surface area contributed by atoms with Crippen molar-refractivity contribution >= 4 is 27.5 Å². The summed E-state index contributed by atoms with van der Waals surface area (Å²) < 4.78 is 11.5. The average molecular weight is 321 g/mol. The summed E-state index contributed by atoms with van der Waals surface area (Å²) in [5.41, 5.74) is 1.04. The third kappa shape index (κ3) is 4.22. The van der Waals surface area contributed by atoms with Gasteiger partial charge in [0.25, 0.3) is 0 Å². The fourth-order valence-corrected chi connectivity index (χ4v) is 1.77. The fourth-order valence-electron chi connectivity index (χ4n) is 1.37. The first-order valence-electron chi connectivity index (χ1n) is 5.05. The van der Waals surface area contributed by atoms with E-state index in [1.165, 1.54) is 0 Å². The summed E-state index contributed by atoms with van der Waals surface area (Å²) in [6.45, 7) is 4.77. The van der Waals surface area contributed by atoms with Crippen LogP contribution in [0.15, 0.2) is 23.2 Å². The van der Waals surface area contributed by atoms with Gasteiger partial charge in [-0.1, -0.05) is 34.1 Å². The first-order valence-corrected chi connectivity index (χ1v) is 6.22. The summed E-state index contributed by atoms with van der Waals surface area (Å²) in [4.78, 5) is 0. The maximum absolute atomic E-state index is 6.15. The zero-order chi connectivity index (χ0) is 12.8. The van der Waals surface area contributed by atoms with Crippen molar-refractivity contribution < 1.29 is 9.47 Å². The average Bonchev–Trinajstić information content (AvgIpc) is 2.27. The Kier molecular flexibility index (Phi) is 5.82. The highest BCUT2D eigenvalue weighted by atomic mass is 79.9. The first kappa shape index (κ1) is 14.4. The SMILES string of the molecule is C=C(Br)COc1c(Cl)cc(CNC)cc1OC. The second kappa shape index (κ2) is 6.89. The number of methoxy groups -OCH3 is 1. The van der Waals surface area contributed by atoms with Crippen LogP contribution in [0.25, 0.3) is 0 Å². The third-order valence-corrected chi connectivity index (χ3v) is 2.55. The van der Waals surface area contributed by atoms with Crippen molar-refractivity contribution in [2.45, 2.75) is 6.54 Å². The van der Waals surface area contributed by atoms with Crippen LogP contribution in [-0.2, 0) is 6.54 Å². The Hall–Kier alpha value is -0.710. The molecule has 0 unspecified atom stereocenters. The summed E-state index contributed by atoms with van der Waals surface area (Å²) in [7, 11) is 3.46. The van der Waals surface area contributed by atoms with Crippen molar-refractivity contribution in [1.29, 1.82) is 0 Å². The number of hydrogen-bond acceptors (Lipinski definition) is 3. The molecule has 1 aromatic rings. The molecular formula is C12H15BrClNO2. The number of benzene rings is 1. The minimum absolute atomic E-state index is 0.349. The van der Waals surface area contributed by atoms with E-state index in [-0.39, 0.29) is 0 Å². The summed E-state index contributed by atoms with van der Waals surface area (Å²) >= 11 is 9.38. The summed E-state index contributed by atoms with van der Waals surface area (Å²) in [5.74, 6) is 1.16. The van der Waals surface area contributed by atoms with Crippen LogP contribution in [-0.4, -0.2) is 20.8 Å². The van der Waals surface area contributed by atoms with E-state index in [9.17, 15) is 0 Å². The molecule has 0 aliphatic rings. The molecule has 0 aromatic heterocycles. The van der Waals surface area contributed by atoms with Crippen LogP contribution >= 0.6 is 27.5 Å². The van der Waals surface area contributed by atoms with E-state index >= 15 is 0 Å². The predicted molar refractivity (Wildman–Crippen MR) is 74.3 cm³/mol. The molecule has 1 rings (SSSR count). The topological polar surface area (TPSA) is 30.5 Å². The molecule has 3 nitrogen and oxygen atoms in total. The van der Waals surface area contributed by atoms with Gasteiger partial charge >= 0.3 is 0 Å². The molecule has 0 saturated carbocycles. The van der Waals surface area contributed by atoms with Crippen molar-refractivity contribution in [3.63, 3.8) is 0 Å². The Morgan fingerprint density at radius 3 is 2.76 bits per heavy atom. The van der Waals surface area contributed by atoms with E-state index in [0.717, 1.165) is 16.6 Å². The number of hydrogen-bond donors (Lipinski definition) is 1. The molecule has 0 aliphatic heterocycles.